The van der Waals surface area contributed by atoms with Crippen molar-refractivity contribution in [1.82, 2.24) is 21.3 Å². The SMILES string of the molecule is CC(=O)[C@@H](C)CCCCNC(=O)CC[C@H](NC(=O)CC[C@H](CC(=O)COCCOCCNC(=O)COCCOCCCC(=O)CC[C@H](NC(=O)CCCCCCCCCCCCC(=O)O)C(=O)O)C(=O)O)C(=O)O.[HH]. The smallest absolute Gasteiger partial charge is 0.326 e. The number of carbonyl (C=O) groups is 11. The molecule has 0 radical (unpaired) electrons. The minimum absolute atomic E-state index is 0. The van der Waals surface area contributed by atoms with Crippen LogP contribution in [0.4, 0.5) is 0 Å². The van der Waals surface area contributed by atoms with E-state index >= 15 is 0 Å². The summed E-state index contributed by atoms with van der Waals surface area (Å²) in [5.41, 5.74) is 0. The van der Waals surface area contributed by atoms with Gasteiger partial charge in [0, 0.05) is 72.0 Å². The first-order valence-electron chi connectivity index (χ1n) is 26.2. The fraction of sp³-hybridized carbons (Fsp3) is 0.784. The quantitative estimate of drug-likeness (QED) is 0.0396. The number of hydrogen-bond acceptors (Lipinski definition) is 15. The van der Waals surface area contributed by atoms with Gasteiger partial charge >= 0.3 is 23.9 Å². The van der Waals surface area contributed by atoms with Gasteiger partial charge in [0.1, 0.15) is 36.9 Å². The molecule has 0 rings (SSSR count). The summed E-state index contributed by atoms with van der Waals surface area (Å²) in [7, 11) is 0. The molecule has 23 heteroatoms. The molecule has 0 aromatic heterocycles. The molecule has 0 saturated heterocycles. The Morgan fingerprint density at radius 3 is 1.49 bits per heavy atom. The van der Waals surface area contributed by atoms with E-state index in [9.17, 15) is 68.1 Å². The molecule has 4 atom stereocenters. The standard InChI is InChI=1S/C51H86N4O19.H2/c1-37(38(2)56)16-13-14-26-52-44(59)25-23-43(51(69)70)55-46(61)24-20-39(49(65)66)34-41(58)35-73-32-31-72-29-27-53-47(62)36-74-33-30-71-28-15-17-40(57)21-22-42(50(67)68)54-45(60)18-11-9-7-5-3-4-6-8-10-12-19-48(63)64;/h37,39,42-43H,3-36H2,1-2H3,(H,52,59)(H,53,62)(H,54,60)(H,55,61)(H,63,64)(H,65,66)(H,67,68)(H,69,70);1H/t37-,39+,42-,43-;/m0./s1. The minimum Gasteiger partial charge on any atom is -0.481 e. The van der Waals surface area contributed by atoms with Crippen LogP contribution in [0, 0.1) is 11.8 Å². The number of carboxylic acid groups (broad SMARTS) is 4. The van der Waals surface area contributed by atoms with Crippen molar-refractivity contribution in [3.63, 3.8) is 0 Å². The number of carboxylic acids is 4. The first-order valence-corrected chi connectivity index (χ1v) is 26.2. The van der Waals surface area contributed by atoms with Crippen LogP contribution in [0.2, 0.25) is 0 Å². The number of nitrogens with one attached hydrogen (secondary N) is 4. The highest BCUT2D eigenvalue weighted by Gasteiger charge is 2.26. The van der Waals surface area contributed by atoms with E-state index in [4.69, 9.17) is 24.1 Å². The predicted octanol–water partition coefficient (Wildman–Crippen LogP) is 4.18. The van der Waals surface area contributed by atoms with Crippen molar-refractivity contribution in [2.24, 2.45) is 11.8 Å². The molecule has 0 saturated carbocycles. The third kappa shape index (κ3) is 42.0. The summed E-state index contributed by atoms with van der Waals surface area (Å²) in [5, 5.41) is 47.4. The van der Waals surface area contributed by atoms with Crippen molar-refractivity contribution in [2.75, 3.05) is 65.9 Å². The second kappa shape index (κ2) is 45.0. The molecule has 23 nitrogen and oxygen atoms in total. The molecular formula is C51H88N4O19. The van der Waals surface area contributed by atoms with Gasteiger partial charge in [-0.05, 0) is 58.3 Å². The highest BCUT2D eigenvalue weighted by Crippen LogP contribution is 2.15. The Labute approximate surface area is 436 Å². The Bertz CT molecular complexity index is 1700. The van der Waals surface area contributed by atoms with Gasteiger partial charge in [0.2, 0.25) is 23.6 Å². The van der Waals surface area contributed by atoms with Gasteiger partial charge in [-0.3, -0.25) is 43.2 Å². The van der Waals surface area contributed by atoms with Crippen LogP contribution in [0.5, 0.6) is 0 Å². The van der Waals surface area contributed by atoms with Crippen molar-refractivity contribution in [1.29, 1.82) is 0 Å². The zero-order valence-corrected chi connectivity index (χ0v) is 43.8. The topological polar surface area (TPSA) is 354 Å². The van der Waals surface area contributed by atoms with Crippen LogP contribution in [0.1, 0.15) is 169 Å². The van der Waals surface area contributed by atoms with Gasteiger partial charge in [-0.2, -0.15) is 0 Å². The van der Waals surface area contributed by atoms with Crippen molar-refractivity contribution in [2.45, 2.75) is 180 Å². The van der Waals surface area contributed by atoms with E-state index in [2.05, 4.69) is 21.3 Å². The van der Waals surface area contributed by atoms with Crippen molar-refractivity contribution < 1.29 is 93.5 Å². The number of amides is 4. The molecule has 8 N–H and O–H groups in total. The predicted molar refractivity (Wildman–Crippen MR) is 270 cm³/mol. The molecule has 0 unspecified atom stereocenters. The highest BCUT2D eigenvalue weighted by molar-refractivity contribution is 5.87. The lowest BCUT2D eigenvalue weighted by Gasteiger charge is -2.16. The highest BCUT2D eigenvalue weighted by atomic mass is 16.5. The van der Waals surface area contributed by atoms with Gasteiger partial charge in [-0.15, -0.1) is 0 Å². The number of ketones is 3. The van der Waals surface area contributed by atoms with E-state index in [1.807, 2.05) is 6.92 Å². The maximum atomic E-state index is 12.5. The number of ether oxygens (including phenoxy) is 4. The Kier molecular flexibility index (Phi) is 41.8. The average molecular weight is 1060 g/mol. The van der Waals surface area contributed by atoms with E-state index in [1.165, 1.54) is 6.92 Å². The first kappa shape index (κ1) is 68.6. The van der Waals surface area contributed by atoms with Crippen molar-refractivity contribution in [3.05, 3.63) is 0 Å². The van der Waals surface area contributed by atoms with Gasteiger partial charge < -0.3 is 60.6 Å². The van der Waals surface area contributed by atoms with Crippen LogP contribution < -0.4 is 21.3 Å². The first-order chi connectivity index (χ1) is 35.3. The fourth-order valence-corrected chi connectivity index (χ4v) is 7.25. The molecule has 0 aromatic rings. The number of aliphatic carboxylic acids is 4. The summed E-state index contributed by atoms with van der Waals surface area (Å²) in [5.74, 6) is -8.37. The fourth-order valence-electron chi connectivity index (χ4n) is 7.25. The zero-order valence-electron chi connectivity index (χ0n) is 43.8. The molecular weight excluding hydrogens is 973 g/mol. The van der Waals surface area contributed by atoms with Gasteiger partial charge in [0.25, 0.3) is 0 Å². The Balaban J connectivity index is 0. The Morgan fingerprint density at radius 2 is 0.919 bits per heavy atom. The molecule has 0 aromatic carbocycles. The molecule has 74 heavy (non-hydrogen) atoms. The lowest BCUT2D eigenvalue weighted by Crippen LogP contribution is -2.42. The van der Waals surface area contributed by atoms with Crippen LogP contribution in [0.3, 0.4) is 0 Å². The van der Waals surface area contributed by atoms with Crippen molar-refractivity contribution in [3.8, 4) is 0 Å². The molecule has 0 aliphatic carbocycles. The molecule has 0 bridgehead atoms. The number of Topliss-reactive ketones (excluding diaryl/α,β-unsaturated/α-hetero) is 3. The van der Waals surface area contributed by atoms with E-state index in [0.717, 1.165) is 57.8 Å². The summed E-state index contributed by atoms with van der Waals surface area (Å²) < 4.78 is 21.3. The lowest BCUT2D eigenvalue weighted by atomic mass is 9.97. The monoisotopic (exact) mass is 1060 g/mol. The molecule has 426 valence electrons. The second-order valence-electron chi connectivity index (χ2n) is 18.4. The molecule has 0 heterocycles. The molecule has 4 amide bonds. The maximum absolute atomic E-state index is 12.5. The molecule has 0 aliphatic heterocycles. The lowest BCUT2D eigenvalue weighted by molar-refractivity contribution is -0.145. The maximum Gasteiger partial charge on any atom is 0.326 e. The van der Waals surface area contributed by atoms with Crippen LogP contribution >= 0.6 is 0 Å². The largest absolute Gasteiger partial charge is 0.481 e. The summed E-state index contributed by atoms with van der Waals surface area (Å²) in [6.45, 7) is 4.01. The van der Waals surface area contributed by atoms with Crippen LogP contribution in [-0.4, -0.2) is 163 Å². The van der Waals surface area contributed by atoms with E-state index in [1.54, 1.807) is 0 Å². The third-order valence-electron chi connectivity index (χ3n) is 11.9. The summed E-state index contributed by atoms with van der Waals surface area (Å²) >= 11 is 0. The van der Waals surface area contributed by atoms with Crippen LogP contribution in [-0.2, 0) is 71.7 Å². The molecule has 0 spiro atoms. The van der Waals surface area contributed by atoms with Gasteiger partial charge in [-0.25, -0.2) is 9.59 Å². The third-order valence-corrected chi connectivity index (χ3v) is 11.9. The number of rotatable bonds is 52. The molecule has 0 fully saturated rings. The summed E-state index contributed by atoms with van der Waals surface area (Å²) in [4.78, 5) is 131. The molecule has 0 aliphatic rings. The van der Waals surface area contributed by atoms with Crippen LogP contribution in [0.25, 0.3) is 0 Å². The Hall–Kier alpha value is -5.39. The van der Waals surface area contributed by atoms with Crippen LogP contribution in [0.15, 0.2) is 0 Å². The second-order valence-corrected chi connectivity index (χ2v) is 18.4. The van der Waals surface area contributed by atoms with Gasteiger partial charge in [0.15, 0.2) is 5.78 Å². The number of unbranched alkanes of at least 4 members (excludes halogenated alkanes) is 10. The van der Waals surface area contributed by atoms with E-state index < -0.39 is 78.4 Å². The zero-order chi connectivity index (χ0) is 55.4. The van der Waals surface area contributed by atoms with E-state index in [0.29, 0.717) is 38.6 Å². The normalized spacial score (nSPS) is 12.7. The average Bonchev–Trinajstić information content (AvgIpc) is 3.34. The van der Waals surface area contributed by atoms with E-state index in [-0.39, 0.29) is 135 Å². The number of hydrogen-bond donors (Lipinski definition) is 8. The summed E-state index contributed by atoms with van der Waals surface area (Å²) in [6, 6.07) is -2.52. The minimum atomic E-state index is -1.37. The van der Waals surface area contributed by atoms with Gasteiger partial charge in [0.05, 0.1) is 39.0 Å². The Morgan fingerprint density at radius 1 is 0.419 bits per heavy atom. The van der Waals surface area contributed by atoms with Crippen molar-refractivity contribution >= 4 is 64.9 Å². The number of carbonyl (C=O) groups excluding carboxylic acids is 7. The van der Waals surface area contributed by atoms with Gasteiger partial charge in [-0.1, -0.05) is 64.7 Å². The summed E-state index contributed by atoms with van der Waals surface area (Å²) in [6.07, 6.45) is 11.2.